The fourth-order valence-electron chi connectivity index (χ4n) is 5.60. The number of benzene rings is 1. The average molecular weight is 707 g/mol. The van der Waals surface area contributed by atoms with Gasteiger partial charge in [0.2, 0.25) is 0 Å². The lowest BCUT2D eigenvalue weighted by Gasteiger charge is -2.33. The SMILES string of the molecule is CCCCCCCCC(I)C(CC)(CC)C(=O)OOCCCCCCCCCC(CCl)(Cc1ccccc1)C(=O)O. The van der Waals surface area contributed by atoms with E-state index in [-0.39, 0.29) is 15.8 Å². The molecular weight excluding hydrogens is 651 g/mol. The Hall–Kier alpha value is -0.860. The lowest BCUT2D eigenvalue weighted by Crippen LogP contribution is -2.40. The number of carbonyl (C=O) groups is 2. The second kappa shape index (κ2) is 22.6. The predicted molar refractivity (Wildman–Crippen MR) is 179 cm³/mol. The van der Waals surface area contributed by atoms with Crippen molar-refractivity contribution in [3.05, 3.63) is 35.9 Å². The highest BCUT2D eigenvalue weighted by Crippen LogP contribution is 2.40. The standard InChI is InChI=1S/C34H56ClIO5/c1-4-7-8-9-13-19-24-30(36)34(5-2,6-3)32(39)41-40-26-21-15-12-10-11-14-20-25-33(28-35,31(37)38)27-29-22-17-16-18-23-29/h16-18,22-23,30H,4-15,19-21,24-28H2,1-3H3,(H,37,38). The van der Waals surface area contributed by atoms with Gasteiger partial charge >= 0.3 is 11.9 Å². The molecule has 0 amide bonds. The van der Waals surface area contributed by atoms with Gasteiger partial charge in [-0.2, -0.15) is 4.89 Å². The fraction of sp³-hybridized carbons (Fsp3) is 0.765. The lowest BCUT2D eigenvalue weighted by atomic mass is 9.77. The molecule has 0 spiro atoms. The maximum Gasteiger partial charge on any atom is 0.349 e. The largest absolute Gasteiger partial charge is 0.481 e. The minimum absolute atomic E-state index is 0.122. The Morgan fingerprint density at radius 2 is 1.41 bits per heavy atom. The maximum atomic E-state index is 13.0. The molecule has 0 fully saturated rings. The van der Waals surface area contributed by atoms with Gasteiger partial charge in [-0.25, -0.2) is 4.79 Å². The molecule has 1 N–H and O–H groups in total. The van der Waals surface area contributed by atoms with E-state index in [4.69, 9.17) is 21.4 Å². The van der Waals surface area contributed by atoms with Crippen molar-refractivity contribution in [2.24, 2.45) is 10.8 Å². The van der Waals surface area contributed by atoms with E-state index in [1.54, 1.807) is 0 Å². The molecule has 0 aliphatic rings. The number of carboxylic acids is 1. The maximum absolute atomic E-state index is 13.0. The summed E-state index contributed by atoms with van der Waals surface area (Å²) in [7, 11) is 0. The van der Waals surface area contributed by atoms with Gasteiger partial charge in [0.25, 0.3) is 0 Å². The second-order valence-corrected chi connectivity index (χ2v) is 13.5. The first-order valence-electron chi connectivity index (χ1n) is 16.1. The third-order valence-corrected chi connectivity index (χ3v) is 11.0. The Morgan fingerprint density at radius 3 is 1.98 bits per heavy atom. The van der Waals surface area contributed by atoms with Crippen LogP contribution in [0.3, 0.4) is 0 Å². The minimum Gasteiger partial charge on any atom is -0.481 e. The number of unbranched alkanes of at least 4 members (excludes halogenated alkanes) is 11. The van der Waals surface area contributed by atoms with Crippen molar-refractivity contribution < 1.29 is 24.5 Å². The van der Waals surface area contributed by atoms with Crippen molar-refractivity contribution in [2.45, 2.75) is 140 Å². The minimum atomic E-state index is -0.906. The van der Waals surface area contributed by atoms with Gasteiger partial charge in [-0.15, -0.1) is 11.6 Å². The lowest BCUT2D eigenvalue weighted by molar-refractivity contribution is -0.281. The Bertz CT molecular complexity index is 817. The van der Waals surface area contributed by atoms with Gasteiger partial charge in [0.15, 0.2) is 0 Å². The van der Waals surface area contributed by atoms with Crippen LogP contribution in [0.1, 0.15) is 135 Å². The van der Waals surface area contributed by atoms with Crippen LogP contribution in [0.5, 0.6) is 0 Å². The normalized spacial score (nSPS) is 14.0. The Labute approximate surface area is 268 Å². The number of aliphatic carboxylic acids is 1. The first-order chi connectivity index (χ1) is 19.8. The summed E-state index contributed by atoms with van der Waals surface area (Å²) in [6.45, 7) is 6.83. The van der Waals surface area contributed by atoms with Crippen molar-refractivity contribution in [1.29, 1.82) is 0 Å². The molecule has 0 heterocycles. The van der Waals surface area contributed by atoms with E-state index in [1.165, 1.54) is 32.1 Å². The molecule has 41 heavy (non-hydrogen) atoms. The molecule has 0 aliphatic heterocycles. The van der Waals surface area contributed by atoms with Gasteiger partial charge in [0.1, 0.15) is 0 Å². The summed E-state index contributed by atoms with van der Waals surface area (Å²) in [5, 5.41) is 9.90. The van der Waals surface area contributed by atoms with Gasteiger partial charge < -0.3 is 5.11 Å². The summed E-state index contributed by atoms with van der Waals surface area (Å²) in [4.78, 5) is 35.8. The second-order valence-electron chi connectivity index (χ2n) is 11.7. The molecule has 0 aromatic heterocycles. The molecule has 0 saturated carbocycles. The molecule has 5 nitrogen and oxygen atoms in total. The van der Waals surface area contributed by atoms with E-state index in [0.29, 0.717) is 19.4 Å². The summed E-state index contributed by atoms with van der Waals surface area (Å²) in [6.07, 6.45) is 18.2. The van der Waals surface area contributed by atoms with Gasteiger partial charge in [-0.05, 0) is 44.1 Å². The van der Waals surface area contributed by atoms with Crippen LogP contribution in [0, 0.1) is 10.8 Å². The zero-order valence-corrected chi connectivity index (χ0v) is 28.9. The van der Waals surface area contributed by atoms with E-state index in [1.807, 2.05) is 30.3 Å². The van der Waals surface area contributed by atoms with Gasteiger partial charge in [0.05, 0.1) is 17.4 Å². The van der Waals surface area contributed by atoms with E-state index in [2.05, 4.69) is 43.4 Å². The van der Waals surface area contributed by atoms with Crippen molar-refractivity contribution in [2.75, 3.05) is 12.5 Å². The van der Waals surface area contributed by atoms with Gasteiger partial charge in [-0.3, -0.25) is 9.68 Å². The van der Waals surface area contributed by atoms with Crippen LogP contribution in [0.2, 0.25) is 0 Å². The Kier molecular flexibility index (Phi) is 21.1. The molecule has 1 aromatic rings. The summed E-state index contributed by atoms with van der Waals surface area (Å²) in [5.74, 6) is -0.898. The summed E-state index contributed by atoms with van der Waals surface area (Å²) < 4.78 is 0.251. The third kappa shape index (κ3) is 14.0. The predicted octanol–water partition coefficient (Wildman–Crippen LogP) is 10.5. The van der Waals surface area contributed by atoms with Crippen molar-refractivity contribution in [3.8, 4) is 0 Å². The summed E-state index contributed by atoms with van der Waals surface area (Å²) in [6, 6.07) is 9.75. The highest BCUT2D eigenvalue weighted by Gasteiger charge is 2.43. The first kappa shape index (κ1) is 38.2. The van der Waals surface area contributed by atoms with Crippen molar-refractivity contribution in [1.82, 2.24) is 0 Å². The summed E-state index contributed by atoms with van der Waals surface area (Å²) in [5.41, 5.74) is -0.371. The van der Waals surface area contributed by atoms with Crippen LogP contribution >= 0.6 is 34.2 Å². The van der Waals surface area contributed by atoms with Crippen LogP contribution in [0.4, 0.5) is 0 Å². The number of hydrogen-bond acceptors (Lipinski definition) is 4. The van der Waals surface area contributed by atoms with Gasteiger partial charge in [-0.1, -0.05) is 151 Å². The van der Waals surface area contributed by atoms with E-state index in [0.717, 1.165) is 76.2 Å². The number of rotatable bonds is 26. The number of alkyl halides is 2. The Balaban J connectivity index is 2.24. The van der Waals surface area contributed by atoms with E-state index < -0.39 is 16.8 Å². The molecule has 7 heteroatoms. The Morgan fingerprint density at radius 1 is 0.854 bits per heavy atom. The van der Waals surface area contributed by atoms with Crippen LogP contribution in [-0.2, 0) is 25.8 Å². The first-order valence-corrected chi connectivity index (χ1v) is 17.9. The van der Waals surface area contributed by atoms with Crippen LogP contribution in [0.15, 0.2) is 30.3 Å². The molecular formula is C34H56ClIO5. The third-order valence-electron chi connectivity index (χ3n) is 8.69. The smallest absolute Gasteiger partial charge is 0.349 e. The van der Waals surface area contributed by atoms with Crippen molar-refractivity contribution in [3.63, 3.8) is 0 Å². The van der Waals surface area contributed by atoms with Gasteiger partial charge in [0, 0.05) is 9.80 Å². The van der Waals surface area contributed by atoms with Crippen molar-refractivity contribution >= 4 is 46.1 Å². The highest BCUT2D eigenvalue weighted by molar-refractivity contribution is 14.1. The van der Waals surface area contributed by atoms with E-state index >= 15 is 0 Å². The zero-order valence-electron chi connectivity index (χ0n) is 25.9. The quantitative estimate of drug-likeness (QED) is 0.0341. The topological polar surface area (TPSA) is 72.8 Å². The molecule has 0 saturated heterocycles. The molecule has 0 bridgehead atoms. The molecule has 2 unspecified atom stereocenters. The molecule has 0 aliphatic carbocycles. The number of halogens is 2. The molecule has 2 atom stereocenters. The van der Waals surface area contributed by atoms with E-state index in [9.17, 15) is 14.7 Å². The highest BCUT2D eigenvalue weighted by atomic mass is 127. The molecule has 0 radical (unpaired) electrons. The molecule has 1 aromatic carbocycles. The van der Waals surface area contributed by atoms with Crippen LogP contribution in [0.25, 0.3) is 0 Å². The monoisotopic (exact) mass is 706 g/mol. The number of carbonyl (C=O) groups excluding carboxylic acids is 1. The fourth-order valence-corrected chi connectivity index (χ4v) is 7.52. The molecule has 236 valence electrons. The zero-order chi connectivity index (χ0) is 30.4. The number of hydrogen-bond donors (Lipinski definition) is 1. The summed E-state index contributed by atoms with van der Waals surface area (Å²) >= 11 is 8.64. The van der Waals surface area contributed by atoms with Crippen LogP contribution in [-0.4, -0.2) is 33.5 Å². The molecule has 1 rings (SSSR count). The number of carboxylic acid groups (broad SMARTS) is 1. The van der Waals surface area contributed by atoms with Crippen LogP contribution < -0.4 is 0 Å². The average Bonchev–Trinajstić information content (AvgIpc) is 2.98.